The summed E-state index contributed by atoms with van der Waals surface area (Å²) in [7, 11) is 0. The second kappa shape index (κ2) is 4.11. The lowest BCUT2D eigenvalue weighted by Crippen LogP contribution is -2.49. The third kappa shape index (κ3) is 1.78. The number of aromatic amines is 1. The quantitative estimate of drug-likeness (QED) is 0.858. The lowest BCUT2D eigenvalue weighted by molar-refractivity contribution is -0.00888. The van der Waals surface area contributed by atoms with Gasteiger partial charge in [0, 0.05) is 5.41 Å². The summed E-state index contributed by atoms with van der Waals surface area (Å²) in [6.45, 7) is 0. The van der Waals surface area contributed by atoms with Crippen LogP contribution in [0.3, 0.4) is 0 Å². The van der Waals surface area contributed by atoms with Crippen molar-refractivity contribution < 1.29 is 0 Å². The second-order valence-corrected chi connectivity index (χ2v) is 7.98. The van der Waals surface area contributed by atoms with Crippen LogP contribution in [-0.2, 0) is 5.41 Å². The highest BCUT2D eigenvalue weighted by Gasteiger charge is 2.53. The summed E-state index contributed by atoms with van der Waals surface area (Å²) in [5, 5.41) is 0.470. The van der Waals surface area contributed by atoms with Gasteiger partial charge in [0.15, 0.2) is 21.6 Å². The molecule has 2 heterocycles. The van der Waals surface area contributed by atoms with Crippen LogP contribution in [0.25, 0.3) is 11.3 Å². The number of nitrogens with zero attached hydrogens (tertiary/aromatic N) is 3. The summed E-state index contributed by atoms with van der Waals surface area (Å²) in [6.07, 6.45) is 8.07. The van der Waals surface area contributed by atoms with Crippen LogP contribution in [0.5, 0.6) is 0 Å². The van der Waals surface area contributed by atoms with Gasteiger partial charge in [0.05, 0.1) is 0 Å². The van der Waals surface area contributed by atoms with Gasteiger partial charge in [-0.3, -0.25) is 0 Å². The van der Waals surface area contributed by atoms with E-state index in [0.29, 0.717) is 11.3 Å². The molecule has 0 spiro atoms. The van der Waals surface area contributed by atoms with Gasteiger partial charge in [-0.25, -0.2) is 15.0 Å². The maximum atomic E-state index is 5.96. The number of fused-ring (bicyclic) bond motifs is 1. The van der Waals surface area contributed by atoms with Crippen molar-refractivity contribution in [2.75, 3.05) is 0 Å². The molecule has 0 unspecified atom stereocenters. The number of halogens is 2. The van der Waals surface area contributed by atoms with Crippen LogP contribution < -0.4 is 0 Å². The van der Waals surface area contributed by atoms with Crippen molar-refractivity contribution in [2.45, 2.75) is 43.9 Å². The van der Waals surface area contributed by atoms with Crippen LogP contribution >= 0.6 is 23.2 Å². The van der Waals surface area contributed by atoms with E-state index in [0.717, 1.165) is 23.6 Å². The molecule has 0 saturated heterocycles. The predicted molar refractivity (Wildman–Crippen MR) is 81.6 cm³/mol. The van der Waals surface area contributed by atoms with Crippen molar-refractivity contribution in [3.8, 4) is 0 Å². The maximum absolute atomic E-state index is 5.96. The van der Waals surface area contributed by atoms with Crippen molar-refractivity contribution in [1.29, 1.82) is 0 Å². The van der Waals surface area contributed by atoms with E-state index in [2.05, 4.69) is 15.0 Å². The maximum Gasteiger partial charge on any atom is 0.199 e. The molecular formula is C15H16Cl2N4. The van der Waals surface area contributed by atoms with E-state index in [-0.39, 0.29) is 15.7 Å². The number of aromatic nitrogens is 4. The second-order valence-electron chi connectivity index (χ2n) is 7.26. The molecule has 0 amide bonds. The molecule has 0 atom stereocenters. The predicted octanol–water partition coefficient (Wildman–Crippen LogP) is 4.13. The van der Waals surface area contributed by atoms with Gasteiger partial charge in [0.25, 0.3) is 0 Å². The number of rotatable bonds is 1. The molecule has 4 saturated carbocycles. The monoisotopic (exact) mass is 322 g/mol. The average molecular weight is 323 g/mol. The smallest absolute Gasteiger partial charge is 0.199 e. The van der Waals surface area contributed by atoms with Crippen molar-refractivity contribution in [3.63, 3.8) is 0 Å². The fraction of sp³-hybridized carbons (Fsp3) is 0.667. The molecule has 6 rings (SSSR count). The highest BCUT2D eigenvalue weighted by atomic mass is 35.5. The molecule has 4 aliphatic rings. The largest absolute Gasteiger partial charge is 0.325 e. The van der Waals surface area contributed by atoms with Gasteiger partial charge in [-0.1, -0.05) is 23.2 Å². The number of imidazole rings is 1. The molecule has 6 heteroatoms. The van der Waals surface area contributed by atoms with Gasteiger partial charge >= 0.3 is 0 Å². The molecule has 4 bridgehead atoms. The first-order valence-corrected chi connectivity index (χ1v) is 8.46. The Morgan fingerprint density at radius 1 is 0.857 bits per heavy atom. The Morgan fingerprint density at radius 2 is 1.43 bits per heavy atom. The highest BCUT2D eigenvalue weighted by molar-refractivity contribution is 6.40. The molecular weight excluding hydrogens is 307 g/mol. The molecule has 0 aromatic carbocycles. The first-order chi connectivity index (χ1) is 10.1. The van der Waals surface area contributed by atoms with E-state index in [1.165, 1.54) is 38.5 Å². The molecule has 4 nitrogen and oxygen atoms in total. The summed E-state index contributed by atoms with van der Waals surface area (Å²) in [5.74, 6) is 3.72. The Bertz CT molecular complexity index is 664. The summed E-state index contributed by atoms with van der Waals surface area (Å²) in [6, 6.07) is 0. The zero-order valence-corrected chi connectivity index (χ0v) is 13.1. The van der Waals surface area contributed by atoms with E-state index in [4.69, 9.17) is 28.2 Å². The minimum atomic E-state index is 0.218. The van der Waals surface area contributed by atoms with Crippen molar-refractivity contribution >= 4 is 34.5 Å². The van der Waals surface area contributed by atoms with Gasteiger partial charge in [0.2, 0.25) is 0 Å². The van der Waals surface area contributed by atoms with Crippen LogP contribution in [-0.4, -0.2) is 19.9 Å². The number of hydrogen-bond acceptors (Lipinski definition) is 3. The van der Waals surface area contributed by atoms with Gasteiger partial charge in [-0.2, -0.15) is 0 Å². The standard InChI is InChI=1S/C15H16Cl2N4/c16-10-11(17)19-13-12(18-10)20-14(21-13)15-4-7-1-8(5-15)3-9(2-7)6-15/h7-9H,1-6H2,(H,18,19,20,21). The minimum Gasteiger partial charge on any atom is -0.325 e. The Labute approximate surface area is 132 Å². The fourth-order valence-corrected chi connectivity index (χ4v) is 5.70. The Morgan fingerprint density at radius 3 is 2.05 bits per heavy atom. The highest BCUT2D eigenvalue weighted by Crippen LogP contribution is 2.60. The molecule has 21 heavy (non-hydrogen) atoms. The Hall–Kier alpha value is -0.870. The normalized spacial score (nSPS) is 37.5. The number of hydrogen-bond donors (Lipinski definition) is 1. The molecule has 2 aromatic heterocycles. The summed E-state index contributed by atoms with van der Waals surface area (Å²) < 4.78 is 0. The lowest BCUT2D eigenvalue weighted by Gasteiger charge is -2.55. The van der Waals surface area contributed by atoms with Crippen LogP contribution in [0, 0.1) is 17.8 Å². The minimum absolute atomic E-state index is 0.218. The van der Waals surface area contributed by atoms with E-state index < -0.39 is 0 Å². The zero-order valence-electron chi connectivity index (χ0n) is 11.6. The van der Waals surface area contributed by atoms with Gasteiger partial charge < -0.3 is 4.98 Å². The lowest BCUT2D eigenvalue weighted by atomic mass is 9.49. The van der Waals surface area contributed by atoms with Crippen molar-refractivity contribution in [1.82, 2.24) is 19.9 Å². The third-order valence-corrected chi connectivity index (χ3v) is 6.41. The van der Waals surface area contributed by atoms with Crippen LogP contribution in [0.1, 0.15) is 44.3 Å². The average Bonchev–Trinajstić information content (AvgIpc) is 2.81. The summed E-state index contributed by atoms with van der Waals surface area (Å²) in [4.78, 5) is 16.7. The van der Waals surface area contributed by atoms with Crippen LogP contribution in [0.15, 0.2) is 0 Å². The third-order valence-electron chi connectivity index (χ3n) is 5.79. The molecule has 110 valence electrons. The summed E-state index contributed by atoms with van der Waals surface area (Å²) >= 11 is 11.9. The van der Waals surface area contributed by atoms with Gasteiger partial charge in [-0.15, -0.1) is 0 Å². The van der Waals surface area contributed by atoms with E-state index in [1.54, 1.807) is 0 Å². The SMILES string of the molecule is Clc1nc2nc(C34CC5CC(CC(C5)C3)C4)[nH]c2nc1Cl. The summed E-state index contributed by atoms with van der Waals surface area (Å²) in [5.41, 5.74) is 1.47. The molecule has 4 fully saturated rings. The number of nitrogens with one attached hydrogen (secondary N) is 1. The van der Waals surface area contributed by atoms with Crippen LogP contribution in [0.4, 0.5) is 0 Å². The first kappa shape index (κ1) is 12.7. The van der Waals surface area contributed by atoms with Gasteiger partial charge in [0.1, 0.15) is 5.82 Å². The van der Waals surface area contributed by atoms with Crippen molar-refractivity contribution in [2.24, 2.45) is 17.8 Å². The van der Waals surface area contributed by atoms with Crippen LogP contribution in [0.2, 0.25) is 10.3 Å². The Kier molecular flexibility index (Phi) is 2.47. The first-order valence-electron chi connectivity index (χ1n) is 7.70. The van der Waals surface area contributed by atoms with E-state index >= 15 is 0 Å². The van der Waals surface area contributed by atoms with Gasteiger partial charge in [-0.05, 0) is 56.3 Å². The molecule has 2 aromatic rings. The molecule has 0 radical (unpaired) electrons. The zero-order chi connectivity index (χ0) is 14.2. The molecule has 0 aliphatic heterocycles. The topological polar surface area (TPSA) is 54.5 Å². The van der Waals surface area contributed by atoms with Crippen molar-refractivity contribution in [3.05, 3.63) is 16.1 Å². The number of H-pyrrole nitrogens is 1. The fourth-order valence-electron chi connectivity index (χ4n) is 5.45. The molecule has 4 aliphatic carbocycles. The molecule has 1 N–H and O–H groups in total. The van der Waals surface area contributed by atoms with E-state index in [1.807, 2.05) is 0 Å². The van der Waals surface area contributed by atoms with E-state index in [9.17, 15) is 0 Å². The Balaban J connectivity index is 1.63.